The van der Waals surface area contributed by atoms with Crippen LogP contribution in [0, 0.1) is 5.21 Å². The molecule has 19 heavy (non-hydrogen) atoms. The second-order valence-corrected chi connectivity index (χ2v) is 5.12. The number of nitrogens with two attached hydrogens (primary N) is 1. The van der Waals surface area contributed by atoms with E-state index in [1.165, 1.54) is 11.3 Å². The Morgan fingerprint density at radius 1 is 1.68 bits per heavy atom. The minimum atomic E-state index is -0.809. The molecule has 0 aliphatic heterocycles. The van der Waals surface area contributed by atoms with Crippen LogP contribution in [0.15, 0.2) is 21.9 Å². The summed E-state index contributed by atoms with van der Waals surface area (Å²) < 4.78 is 4.78. The van der Waals surface area contributed by atoms with Gasteiger partial charge in [0, 0.05) is 0 Å². The topological polar surface area (TPSA) is 120 Å². The molecule has 0 fully saturated rings. The van der Waals surface area contributed by atoms with Gasteiger partial charge in [0.25, 0.3) is 0 Å². The zero-order valence-corrected chi connectivity index (χ0v) is 11.2. The number of hydrazone groups is 1. The molecule has 0 spiro atoms. The van der Waals surface area contributed by atoms with Crippen molar-refractivity contribution < 1.29 is 14.3 Å². The molecule has 0 aliphatic rings. The average molecular weight is 302 g/mol. The van der Waals surface area contributed by atoms with E-state index in [1.807, 2.05) is 0 Å². The van der Waals surface area contributed by atoms with Crippen LogP contribution in [0.3, 0.4) is 0 Å². The van der Waals surface area contributed by atoms with E-state index < -0.39 is 11.6 Å². The summed E-state index contributed by atoms with van der Waals surface area (Å²) in [7, 11) is 0. The molecule has 0 unspecified atom stereocenters. The molecule has 10 heteroatoms. The number of thiophene rings is 1. The molecule has 1 amide bonds. The van der Waals surface area contributed by atoms with E-state index >= 15 is 0 Å². The van der Waals surface area contributed by atoms with Gasteiger partial charge in [-0.3, -0.25) is 9.42 Å². The summed E-state index contributed by atoms with van der Waals surface area (Å²) in [5, 5.41) is 18.1. The number of anilines is 1. The quantitative estimate of drug-likeness (QED) is 0.492. The molecule has 2 heterocycles. The minimum absolute atomic E-state index is 0.0858. The van der Waals surface area contributed by atoms with Gasteiger partial charge >= 0.3 is 17.4 Å². The fourth-order valence-corrected chi connectivity index (χ4v) is 2.20. The molecule has 0 atom stereocenters. The van der Waals surface area contributed by atoms with Crippen molar-refractivity contribution in [3.8, 4) is 0 Å². The number of halogens is 1. The lowest BCUT2D eigenvalue weighted by Crippen LogP contribution is -2.36. The van der Waals surface area contributed by atoms with Crippen molar-refractivity contribution in [2.75, 3.05) is 5.73 Å². The highest BCUT2D eigenvalue weighted by molar-refractivity contribution is 7.18. The first kappa shape index (κ1) is 13.3. The summed E-state index contributed by atoms with van der Waals surface area (Å²) in [6, 6.07) is 3.48. The van der Waals surface area contributed by atoms with Crippen molar-refractivity contribution in [3.05, 3.63) is 32.2 Å². The Labute approximate surface area is 116 Å². The molecule has 0 aromatic carbocycles. The van der Waals surface area contributed by atoms with Crippen molar-refractivity contribution in [3.63, 3.8) is 0 Å². The third-order valence-corrected chi connectivity index (χ3v) is 3.45. The first-order chi connectivity index (χ1) is 8.99. The first-order valence-electron chi connectivity index (χ1n) is 4.94. The van der Waals surface area contributed by atoms with Gasteiger partial charge in [-0.1, -0.05) is 11.6 Å². The second-order valence-electron chi connectivity index (χ2n) is 3.41. The van der Waals surface area contributed by atoms with Gasteiger partial charge in [-0.25, -0.2) is 5.43 Å². The van der Waals surface area contributed by atoms with Crippen LogP contribution in [0.5, 0.6) is 0 Å². The summed E-state index contributed by atoms with van der Waals surface area (Å²) in [6.45, 7) is 1.69. The summed E-state index contributed by atoms with van der Waals surface area (Å²) in [6.07, 6.45) is 0. The predicted molar refractivity (Wildman–Crippen MR) is 68.9 cm³/mol. The minimum Gasteiger partial charge on any atom is -0.359 e. The van der Waals surface area contributed by atoms with Crippen LogP contribution in [0.4, 0.5) is 5.82 Å². The lowest BCUT2D eigenvalue weighted by Gasteiger charge is -1.98. The maximum Gasteiger partial charge on any atom is 0.322 e. The van der Waals surface area contributed by atoms with Crippen LogP contribution in [-0.2, 0) is 0 Å². The molecule has 8 nitrogen and oxygen atoms in total. The zero-order valence-electron chi connectivity index (χ0n) is 9.58. The monoisotopic (exact) mass is 301 g/mol. The Kier molecular flexibility index (Phi) is 3.67. The number of rotatable bonds is 3. The maximum atomic E-state index is 11.6. The Morgan fingerprint density at radius 3 is 2.95 bits per heavy atom. The Balaban J connectivity index is 2.12. The SMILES string of the molecule is CC(=NNC(=O)c1c(N)no[n+]1[O-])c1ccc(Cl)s1. The molecule has 0 radical (unpaired) electrons. The van der Waals surface area contributed by atoms with Crippen molar-refractivity contribution >= 4 is 40.4 Å². The number of nitrogen functional groups attached to an aromatic ring is 1. The van der Waals surface area contributed by atoms with Gasteiger partial charge < -0.3 is 10.9 Å². The molecular formula is C9H8ClN5O3S. The molecule has 0 saturated carbocycles. The van der Waals surface area contributed by atoms with Crippen LogP contribution < -0.4 is 16.1 Å². The van der Waals surface area contributed by atoms with E-state index in [2.05, 4.69) is 20.3 Å². The molecule has 3 N–H and O–H groups in total. The molecular weight excluding hydrogens is 294 g/mol. The van der Waals surface area contributed by atoms with E-state index in [-0.39, 0.29) is 10.7 Å². The highest BCUT2D eigenvalue weighted by atomic mass is 35.5. The fraction of sp³-hybridized carbons (Fsp3) is 0.111. The average Bonchev–Trinajstić information content (AvgIpc) is 2.93. The smallest absolute Gasteiger partial charge is 0.322 e. The lowest BCUT2D eigenvalue weighted by atomic mass is 10.3. The van der Waals surface area contributed by atoms with Crippen LogP contribution in [0.1, 0.15) is 22.3 Å². The van der Waals surface area contributed by atoms with Crippen molar-refractivity contribution in [2.24, 2.45) is 5.10 Å². The van der Waals surface area contributed by atoms with Gasteiger partial charge in [0.05, 0.1) is 20.1 Å². The number of carbonyl (C=O) groups excluding carboxylic acids is 1. The van der Waals surface area contributed by atoms with Gasteiger partial charge in [0.15, 0.2) is 0 Å². The largest absolute Gasteiger partial charge is 0.359 e. The van der Waals surface area contributed by atoms with Crippen molar-refractivity contribution in [2.45, 2.75) is 6.92 Å². The number of hydrogen-bond acceptors (Lipinski definition) is 7. The van der Waals surface area contributed by atoms with E-state index in [4.69, 9.17) is 17.3 Å². The molecule has 0 saturated heterocycles. The number of carbonyl (C=O) groups is 1. The van der Waals surface area contributed by atoms with Gasteiger partial charge in [-0.15, -0.1) is 11.3 Å². The molecule has 2 aromatic rings. The van der Waals surface area contributed by atoms with E-state index in [9.17, 15) is 10.0 Å². The molecule has 2 rings (SSSR count). The fourth-order valence-electron chi connectivity index (χ4n) is 1.21. The van der Waals surface area contributed by atoms with Gasteiger partial charge in [0.1, 0.15) is 0 Å². The Bertz CT molecular complexity index is 631. The predicted octanol–water partition coefficient (Wildman–Crippen LogP) is 0.759. The van der Waals surface area contributed by atoms with Gasteiger partial charge in [-0.05, 0) is 24.0 Å². The first-order valence-corrected chi connectivity index (χ1v) is 6.14. The van der Waals surface area contributed by atoms with E-state index in [0.717, 1.165) is 4.88 Å². The Hall–Kier alpha value is -2.13. The summed E-state index contributed by atoms with van der Waals surface area (Å²) >= 11 is 7.10. The molecule has 0 aliphatic carbocycles. The number of hydrogen-bond donors (Lipinski definition) is 2. The van der Waals surface area contributed by atoms with Crippen LogP contribution >= 0.6 is 22.9 Å². The summed E-state index contributed by atoms with van der Waals surface area (Å²) in [5.74, 6) is -1.12. The van der Waals surface area contributed by atoms with Crippen molar-refractivity contribution in [1.29, 1.82) is 0 Å². The second kappa shape index (κ2) is 5.24. The number of nitrogens with one attached hydrogen (secondary N) is 1. The highest BCUT2D eigenvalue weighted by Gasteiger charge is 2.24. The maximum absolute atomic E-state index is 11.6. The normalized spacial score (nSPS) is 11.6. The molecule has 2 aromatic heterocycles. The van der Waals surface area contributed by atoms with Crippen molar-refractivity contribution in [1.82, 2.24) is 10.6 Å². The van der Waals surface area contributed by atoms with Gasteiger partial charge in [-0.2, -0.15) is 5.10 Å². The third kappa shape index (κ3) is 2.83. The standard InChI is InChI=1S/C9H8ClN5O3S/c1-4(5-2-3-6(10)19-5)12-13-9(16)7-8(11)14-18-15(7)17/h2-3H,1H3,(H2,11,14)(H,13,16). The lowest BCUT2D eigenvalue weighted by molar-refractivity contribution is -0.803. The molecule has 0 bridgehead atoms. The highest BCUT2D eigenvalue weighted by Crippen LogP contribution is 2.21. The molecule has 100 valence electrons. The Morgan fingerprint density at radius 2 is 2.42 bits per heavy atom. The van der Waals surface area contributed by atoms with Crippen LogP contribution in [0.2, 0.25) is 4.34 Å². The van der Waals surface area contributed by atoms with Gasteiger partial charge in [0.2, 0.25) is 0 Å². The van der Waals surface area contributed by atoms with Crippen LogP contribution in [-0.4, -0.2) is 16.8 Å². The number of aromatic nitrogens is 2. The van der Waals surface area contributed by atoms with Crippen LogP contribution in [0.25, 0.3) is 0 Å². The number of amides is 1. The van der Waals surface area contributed by atoms with E-state index in [0.29, 0.717) is 10.0 Å². The third-order valence-electron chi connectivity index (χ3n) is 2.11. The summed E-state index contributed by atoms with van der Waals surface area (Å²) in [5.41, 5.74) is 7.59. The van der Waals surface area contributed by atoms with E-state index in [1.54, 1.807) is 19.1 Å². The number of nitrogens with zero attached hydrogens (tertiary/aromatic N) is 3. The summed E-state index contributed by atoms with van der Waals surface area (Å²) in [4.78, 5) is 12.4. The zero-order chi connectivity index (χ0) is 14.0.